The molecule has 1 aliphatic rings. The molecule has 1 aromatic rings. The van der Waals surface area contributed by atoms with E-state index in [9.17, 15) is 19.2 Å². The Bertz CT molecular complexity index is 713. The van der Waals surface area contributed by atoms with Crippen LogP contribution in [0.25, 0.3) is 0 Å². The molecule has 0 unspecified atom stereocenters. The molecule has 4 amide bonds. The van der Waals surface area contributed by atoms with Crippen molar-refractivity contribution in [1.29, 1.82) is 0 Å². The van der Waals surface area contributed by atoms with E-state index < -0.39 is 17.8 Å². The van der Waals surface area contributed by atoms with Crippen LogP contribution in [-0.4, -0.2) is 61.2 Å². The number of methoxy groups -OCH3 is 1. The monoisotopic (exact) mass is 345 g/mol. The zero-order valence-corrected chi connectivity index (χ0v) is 14.2. The number of carbonyl (C=O) groups excluding carboxylic acids is 4. The summed E-state index contributed by atoms with van der Waals surface area (Å²) in [6.07, 6.45) is 1.55. The van der Waals surface area contributed by atoms with Crippen LogP contribution in [0.4, 0.5) is 10.5 Å². The molecule has 1 aromatic carbocycles. The molecule has 8 heteroatoms. The number of barbiturate groups is 1. The summed E-state index contributed by atoms with van der Waals surface area (Å²) in [6.45, 7) is 0.356. The molecule has 0 saturated carbocycles. The van der Waals surface area contributed by atoms with Gasteiger partial charge in [0.15, 0.2) is 5.78 Å². The Labute approximate surface area is 145 Å². The van der Waals surface area contributed by atoms with Crippen LogP contribution >= 0.6 is 0 Å². The number of carbonyl (C=O) groups is 4. The highest BCUT2D eigenvalue weighted by Crippen LogP contribution is 2.16. The molecular weight excluding hydrogens is 326 g/mol. The van der Waals surface area contributed by atoms with Gasteiger partial charge in [0.2, 0.25) is 0 Å². The van der Waals surface area contributed by atoms with Gasteiger partial charge in [-0.05, 0) is 24.3 Å². The summed E-state index contributed by atoms with van der Waals surface area (Å²) in [6, 6.07) is 5.93. The van der Waals surface area contributed by atoms with Crippen LogP contribution in [0.5, 0.6) is 0 Å². The zero-order chi connectivity index (χ0) is 18.6. The molecule has 1 saturated heterocycles. The van der Waals surface area contributed by atoms with Crippen molar-refractivity contribution >= 4 is 29.3 Å². The maximum atomic E-state index is 12.0. The number of likely N-dealkylation sites (N-methyl/N-ethyl adjacent to an activating group) is 2. The third-order valence-electron chi connectivity index (χ3n) is 3.77. The van der Waals surface area contributed by atoms with Crippen LogP contribution in [0.1, 0.15) is 16.8 Å². The van der Waals surface area contributed by atoms with Crippen LogP contribution in [0.15, 0.2) is 36.0 Å². The standard InChI is InChI=1S/C17H19N3O5/c1-19-15(22)13(16(23)20(2)17(19)24)10-18-12-6-4-11(5-7-12)14(21)8-9-25-3/h4-7,10,18H,8-9H2,1-3H3. The molecule has 0 atom stereocenters. The van der Waals surface area contributed by atoms with Gasteiger partial charge in [-0.2, -0.15) is 0 Å². The Hall–Kier alpha value is -3.00. The highest BCUT2D eigenvalue weighted by Gasteiger charge is 2.37. The maximum Gasteiger partial charge on any atom is 0.333 e. The molecule has 1 heterocycles. The molecule has 0 aromatic heterocycles. The lowest BCUT2D eigenvalue weighted by Gasteiger charge is -2.28. The van der Waals surface area contributed by atoms with E-state index in [-0.39, 0.29) is 11.4 Å². The summed E-state index contributed by atoms with van der Waals surface area (Å²) < 4.78 is 4.87. The molecule has 25 heavy (non-hydrogen) atoms. The number of nitrogens with zero attached hydrogens (tertiary/aromatic N) is 2. The second-order valence-corrected chi connectivity index (χ2v) is 5.46. The van der Waals surface area contributed by atoms with Gasteiger partial charge < -0.3 is 10.1 Å². The van der Waals surface area contributed by atoms with E-state index in [1.54, 1.807) is 24.3 Å². The van der Waals surface area contributed by atoms with Crippen LogP contribution in [0.2, 0.25) is 0 Å². The van der Waals surface area contributed by atoms with Crippen LogP contribution in [-0.2, 0) is 14.3 Å². The van der Waals surface area contributed by atoms with Gasteiger partial charge in [-0.1, -0.05) is 0 Å². The third kappa shape index (κ3) is 3.92. The molecule has 1 fully saturated rings. The van der Waals surface area contributed by atoms with Gasteiger partial charge in [0.25, 0.3) is 11.8 Å². The second-order valence-electron chi connectivity index (χ2n) is 5.46. The Morgan fingerprint density at radius 3 is 2.16 bits per heavy atom. The number of urea groups is 1. The van der Waals surface area contributed by atoms with E-state index in [0.717, 1.165) is 9.80 Å². The average Bonchev–Trinajstić information content (AvgIpc) is 2.63. The molecule has 132 valence electrons. The lowest BCUT2D eigenvalue weighted by molar-refractivity contribution is -0.134. The van der Waals surface area contributed by atoms with Gasteiger partial charge in [0.1, 0.15) is 5.57 Å². The smallest absolute Gasteiger partial charge is 0.333 e. The Morgan fingerprint density at radius 1 is 1.08 bits per heavy atom. The van der Waals surface area contributed by atoms with Crippen molar-refractivity contribution in [3.8, 4) is 0 Å². The zero-order valence-electron chi connectivity index (χ0n) is 14.2. The molecular formula is C17H19N3O5. The first-order valence-electron chi connectivity index (χ1n) is 7.55. The molecule has 0 bridgehead atoms. The van der Waals surface area contributed by atoms with Gasteiger partial charge >= 0.3 is 6.03 Å². The summed E-state index contributed by atoms with van der Waals surface area (Å²) in [5.74, 6) is -1.38. The molecule has 1 N–H and O–H groups in total. The van der Waals surface area contributed by atoms with Crippen molar-refractivity contribution in [3.63, 3.8) is 0 Å². The number of ketones is 1. The lowest BCUT2D eigenvalue weighted by atomic mass is 10.1. The molecule has 1 aliphatic heterocycles. The quantitative estimate of drug-likeness (QED) is 0.474. The minimum Gasteiger partial charge on any atom is -0.384 e. The highest BCUT2D eigenvalue weighted by atomic mass is 16.5. The first kappa shape index (κ1) is 18.3. The summed E-state index contributed by atoms with van der Waals surface area (Å²) in [7, 11) is 4.15. The number of anilines is 1. The molecule has 8 nitrogen and oxygen atoms in total. The average molecular weight is 345 g/mol. The van der Waals surface area contributed by atoms with Crippen molar-refractivity contribution < 1.29 is 23.9 Å². The lowest BCUT2D eigenvalue weighted by Crippen LogP contribution is -2.53. The van der Waals surface area contributed by atoms with E-state index >= 15 is 0 Å². The van der Waals surface area contributed by atoms with Crippen LogP contribution < -0.4 is 5.32 Å². The second kappa shape index (κ2) is 7.71. The fraction of sp³-hybridized carbons (Fsp3) is 0.294. The van der Waals surface area contributed by atoms with Crippen molar-refractivity contribution in [2.45, 2.75) is 6.42 Å². The summed E-state index contributed by atoms with van der Waals surface area (Å²) in [5.41, 5.74) is 0.994. The first-order chi connectivity index (χ1) is 11.9. The number of benzene rings is 1. The number of rotatable bonds is 6. The summed E-state index contributed by atoms with van der Waals surface area (Å²) in [5, 5.41) is 2.84. The van der Waals surface area contributed by atoms with Gasteiger partial charge in [-0.3, -0.25) is 24.2 Å². The van der Waals surface area contributed by atoms with Gasteiger partial charge in [-0.15, -0.1) is 0 Å². The predicted octanol–water partition coefficient (Wildman–Crippen LogP) is 1.25. The van der Waals surface area contributed by atoms with E-state index in [1.807, 2.05) is 0 Å². The Kier molecular flexibility index (Phi) is 5.66. The summed E-state index contributed by atoms with van der Waals surface area (Å²) in [4.78, 5) is 49.4. The van der Waals surface area contributed by atoms with E-state index in [1.165, 1.54) is 27.4 Å². The number of ether oxygens (including phenoxy) is 1. The number of hydrogen-bond donors (Lipinski definition) is 1. The van der Waals surface area contributed by atoms with Crippen molar-refractivity contribution in [2.75, 3.05) is 33.1 Å². The first-order valence-corrected chi connectivity index (χ1v) is 7.55. The van der Waals surface area contributed by atoms with Crippen molar-refractivity contribution in [1.82, 2.24) is 9.80 Å². The maximum absolute atomic E-state index is 12.0. The number of hydrogen-bond acceptors (Lipinski definition) is 6. The summed E-state index contributed by atoms with van der Waals surface area (Å²) >= 11 is 0. The molecule has 0 radical (unpaired) electrons. The van der Waals surface area contributed by atoms with E-state index in [2.05, 4.69) is 5.32 Å². The minimum atomic E-state index is -0.675. The fourth-order valence-corrected chi connectivity index (χ4v) is 2.22. The van der Waals surface area contributed by atoms with Crippen LogP contribution in [0.3, 0.4) is 0 Å². The molecule has 0 spiro atoms. The molecule has 0 aliphatic carbocycles. The Morgan fingerprint density at radius 2 is 1.64 bits per heavy atom. The van der Waals surface area contributed by atoms with Crippen molar-refractivity contribution in [2.24, 2.45) is 0 Å². The van der Waals surface area contributed by atoms with Gasteiger partial charge in [0.05, 0.1) is 6.61 Å². The van der Waals surface area contributed by atoms with E-state index in [0.29, 0.717) is 24.3 Å². The van der Waals surface area contributed by atoms with Crippen molar-refractivity contribution in [3.05, 3.63) is 41.6 Å². The number of amides is 4. The largest absolute Gasteiger partial charge is 0.384 e. The molecule has 2 rings (SSSR count). The Balaban J connectivity index is 2.10. The van der Waals surface area contributed by atoms with E-state index in [4.69, 9.17) is 4.74 Å². The number of nitrogens with one attached hydrogen (secondary N) is 1. The SMILES string of the molecule is COCCC(=O)c1ccc(NC=C2C(=O)N(C)C(=O)N(C)C2=O)cc1. The number of imide groups is 2. The predicted molar refractivity (Wildman–Crippen MR) is 89.9 cm³/mol. The minimum absolute atomic E-state index is 0.0360. The highest BCUT2D eigenvalue weighted by molar-refractivity contribution is 6.28. The normalized spacial score (nSPS) is 14.8. The number of Topliss-reactive ketones (excluding diaryl/α,β-unsaturated/α-hetero) is 1. The van der Waals surface area contributed by atoms with Gasteiger partial charge in [0, 0.05) is 45.1 Å². The fourth-order valence-electron chi connectivity index (χ4n) is 2.22. The van der Waals surface area contributed by atoms with Gasteiger partial charge in [-0.25, -0.2) is 4.79 Å². The third-order valence-corrected chi connectivity index (χ3v) is 3.77. The topological polar surface area (TPSA) is 96.0 Å². The van der Waals surface area contributed by atoms with Crippen LogP contribution in [0, 0.1) is 0 Å².